The zero-order chi connectivity index (χ0) is 25.2. The predicted octanol–water partition coefficient (Wildman–Crippen LogP) is 8.16. The van der Waals surface area contributed by atoms with Gasteiger partial charge in [0.15, 0.2) is 0 Å². The first-order chi connectivity index (χ1) is 18.2. The maximum atomic E-state index is 6.31. The number of hydrogen-bond donors (Lipinski definition) is 0. The Morgan fingerprint density at radius 2 is 1.50 bits per heavy atom. The minimum absolute atomic E-state index is 0. The number of aryl methyl sites for hydroxylation is 2. The molecule has 4 nitrogen and oxygen atoms in total. The first-order valence-corrected chi connectivity index (χ1v) is 12.1. The van der Waals surface area contributed by atoms with Gasteiger partial charge in [-0.3, -0.25) is 4.98 Å². The number of hydrogen-bond acceptors (Lipinski definition) is 4. The van der Waals surface area contributed by atoms with Crippen molar-refractivity contribution >= 4 is 32.8 Å². The Morgan fingerprint density at radius 3 is 2.26 bits per heavy atom. The molecule has 0 aliphatic rings. The monoisotopic (exact) mass is 670 g/mol. The van der Waals surface area contributed by atoms with E-state index in [4.69, 9.17) is 4.42 Å². The molecule has 0 bridgehead atoms. The number of furan rings is 1. The van der Waals surface area contributed by atoms with Crippen LogP contribution in [0.4, 0.5) is 0 Å². The van der Waals surface area contributed by atoms with Crippen LogP contribution in [0.3, 0.4) is 0 Å². The molecule has 0 saturated heterocycles. The number of pyridine rings is 3. The molecule has 0 spiro atoms. The summed E-state index contributed by atoms with van der Waals surface area (Å²) in [5, 5.41) is 3.20. The molecule has 0 fully saturated rings. The molecule has 0 unspecified atom stereocenters. The molecule has 4 aromatic heterocycles. The zero-order valence-corrected chi connectivity index (χ0v) is 23.3. The average molecular weight is 670 g/mol. The molecule has 5 heteroatoms. The van der Waals surface area contributed by atoms with E-state index in [1.165, 1.54) is 0 Å². The summed E-state index contributed by atoms with van der Waals surface area (Å²) in [5.74, 6) is 0. The Bertz CT molecular complexity index is 1790. The second kappa shape index (κ2) is 11.1. The minimum Gasteiger partial charge on any atom is -0.500 e. The molecule has 187 valence electrons. The van der Waals surface area contributed by atoms with Gasteiger partial charge >= 0.3 is 0 Å². The van der Waals surface area contributed by atoms with E-state index < -0.39 is 0 Å². The fourth-order valence-electron chi connectivity index (χ4n) is 4.39. The molecule has 1 radical (unpaired) electrons. The van der Waals surface area contributed by atoms with Crippen molar-refractivity contribution in [2.45, 2.75) is 13.8 Å². The van der Waals surface area contributed by atoms with E-state index in [0.29, 0.717) is 0 Å². The number of rotatable bonds is 2. The minimum atomic E-state index is 0. The van der Waals surface area contributed by atoms with E-state index in [2.05, 4.69) is 51.4 Å². The summed E-state index contributed by atoms with van der Waals surface area (Å²) in [5.41, 5.74) is 8.54. The molecular weight excluding hydrogens is 647 g/mol. The van der Waals surface area contributed by atoms with Gasteiger partial charge in [-0.1, -0.05) is 35.2 Å². The Labute approximate surface area is 234 Å². The van der Waals surface area contributed by atoms with Crippen LogP contribution in [0.1, 0.15) is 11.3 Å². The first kappa shape index (κ1) is 25.5. The van der Waals surface area contributed by atoms with Gasteiger partial charge in [0.05, 0.1) is 11.1 Å². The van der Waals surface area contributed by atoms with Crippen LogP contribution in [-0.2, 0) is 20.1 Å². The average Bonchev–Trinajstić information content (AvgIpc) is 3.34. The summed E-state index contributed by atoms with van der Waals surface area (Å²) in [6.07, 6.45) is 3.66. The molecule has 7 rings (SSSR count). The Hall–Kier alpha value is -4.18. The number of benzene rings is 3. The first-order valence-electron chi connectivity index (χ1n) is 12.1. The molecule has 0 atom stereocenters. The molecular formula is C33H23IrN3O-2. The number of aromatic nitrogens is 3. The van der Waals surface area contributed by atoms with E-state index >= 15 is 0 Å². The molecule has 0 aliphatic carbocycles. The summed E-state index contributed by atoms with van der Waals surface area (Å²) in [6, 6.07) is 36.4. The Morgan fingerprint density at radius 1 is 0.658 bits per heavy atom. The summed E-state index contributed by atoms with van der Waals surface area (Å²) >= 11 is 0. The van der Waals surface area contributed by atoms with E-state index in [1.807, 2.05) is 86.8 Å². The predicted molar refractivity (Wildman–Crippen MR) is 149 cm³/mol. The maximum Gasteiger partial charge on any atom is 0.130 e. The van der Waals surface area contributed by atoms with Crippen molar-refractivity contribution in [1.82, 2.24) is 15.0 Å². The van der Waals surface area contributed by atoms with E-state index in [1.54, 1.807) is 6.20 Å². The van der Waals surface area contributed by atoms with Crippen LogP contribution in [0.5, 0.6) is 0 Å². The molecule has 0 N–H and O–H groups in total. The van der Waals surface area contributed by atoms with Crippen LogP contribution in [0, 0.1) is 26.0 Å². The van der Waals surface area contributed by atoms with Crippen molar-refractivity contribution in [3.8, 4) is 22.5 Å². The third-order valence-corrected chi connectivity index (χ3v) is 6.22. The summed E-state index contributed by atoms with van der Waals surface area (Å²) < 4.78 is 6.31. The molecule has 0 amide bonds. The molecule has 0 aliphatic heterocycles. The normalized spacial score (nSPS) is 10.7. The smallest absolute Gasteiger partial charge is 0.130 e. The van der Waals surface area contributed by atoms with Crippen LogP contribution in [-0.4, -0.2) is 15.0 Å². The van der Waals surface area contributed by atoms with E-state index in [9.17, 15) is 0 Å². The van der Waals surface area contributed by atoms with Crippen molar-refractivity contribution in [2.75, 3.05) is 0 Å². The van der Waals surface area contributed by atoms with Gasteiger partial charge in [0.25, 0.3) is 0 Å². The second-order valence-electron chi connectivity index (χ2n) is 8.87. The standard InChI is InChI=1S/C22H15N2O.C11H8N.Ir/c1-13-6-10-19(23-12-13)17-5-3-4-15-16-9-11-20-18(8-7-14(2)24-20)22(16)25-21(15)17;1-2-6-10(7-3-1)11-8-4-5-9-12-11;/h3-4,6-12H,1-2H3;1-6,8-9H;/q2*-1;. The van der Waals surface area contributed by atoms with Crippen molar-refractivity contribution < 1.29 is 24.5 Å². The third-order valence-electron chi connectivity index (χ3n) is 6.22. The largest absolute Gasteiger partial charge is 0.500 e. The van der Waals surface area contributed by atoms with Crippen molar-refractivity contribution in [3.05, 3.63) is 127 Å². The Kier molecular flexibility index (Phi) is 7.41. The third kappa shape index (κ3) is 4.99. The molecule has 3 aromatic carbocycles. The van der Waals surface area contributed by atoms with Gasteiger partial charge < -0.3 is 14.4 Å². The van der Waals surface area contributed by atoms with Crippen LogP contribution in [0.25, 0.3) is 55.4 Å². The second-order valence-corrected chi connectivity index (χ2v) is 8.87. The van der Waals surface area contributed by atoms with E-state index in [-0.39, 0.29) is 20.1 Å². The fraction of sp³-hybridized carbons (Fsp3) is 0.0606. The van der Waals surface area contributed by atoms with Crippen LogP contribution < -0.4 is 0 Å². The van der Waals surface area contributed by atoms with E-state index in [0.717, 1.165) is 66.6 Å². The zero-order valence-electron chi connectivity index (χ0n) is 20.9. The van der Waals surface area contributed by atoms with Gasteiger partial charge in [-0.2, -0.15) is 0 Å². The van der Waals surface area contributed by atoms with Gasteiger partial charge in [-0.25, -0.2) is 0 Å². The van der Waals surface area contributed by atoms with Crippen LogP contribution >= 0.6 is 0 Å². The Balaban J connectivity index is 0.000000191. The summed E-state index contributed by atoms with van der Waals surface area (Å²) in [7, 11) is 0. The quantitative estimate of drug-likeness (QED) is 0.174. The van der Waals surface area contributed by atoms with Gasteiger partial charge in [0, 0.05) is 49.0 Å². The molecule has 7 aromatic rings. The topological polar surface area (TPSA) is 51.8 Å². The SMILES string of the molecule is Cc1ccc(-c2[c-]ccc3c2oc2c4ccc(C)nc4ccc32)nc1.[Ir].[c-]1ccccc1-c1ccccn1. The summed E-state index contributed by atoms with van der Waals surface area (Å²) in [6.45, 7) is 4.03. The summed E-state index contributed by atoms with van der Waals surface area (Å²) in [4.78, 5) is 13.4. The van der Waals surface area contributed by atoms with Crippen LogP contribution in [0.2, 0.25) is 0 Å². The van der Waals surface area contributed by atoms with Gasteiger partial charge in [-0.15, -0.1) is 54.1 Å². The van der Waals surface area contributed by atoms with Crippen molar-refractivity contribution in [2.24, 2.45) is 0 Å². The van der Waals surface area contributed by atoms with Gasteiger partial charge in [0.1, 0.15) is 5.58 Å². The van der Waals surface area contributed by atoms with Crippen LogP contribution in [0.15, 0.2) is 108 Å². The van der Waals surface area contributed by atoms with Crippen molar-refractivity contribution in [3.63, 3.8) is 0 Å². The fourth-order valence-corrected chi connectivity index (χ4v) is 4.39. The molecule has 0 saturated carbocycles. The molecule has 38 heavy (non-hydrogen) atoms. The molecule has 4 heterocycles. The van der Waals surface area contributed by atoms with Gasteiger partial charge in [0.2, 0.25) is 0 Å². The number of fused-ring (bicyclic) bond motifs is 5. The van der Waals surface area contributed by atoms with Crippen molar-refractivity contribution in [1.29, 1.82) is 0 Å². The van der Waals surface area contributed by atoms with Gasteiger partial charge in [-0.05, 0) is 61.1 Å². The maximum absolute atomic E-state index is 6.31. The number of nitrogens with zero attached hydrogens (tertiary/aromatic N) is 3.